The molecule has 5 heterocycles. The summed E-state index contributed by atoms with van der Waals surface area (Å²) in [6.45, 7) is 6.04. The zero-order valence-corrected chi connectivity index (χ0v) is 18.6. The molecular formula is C23H24N6O4. The number of H-pyrrole nitrogens is 1. The van der Waals surface area contributed by atoms with Gasteiger partial charge in [0.05, 0.1) is 17.6 Å². The van der Waals surface area contributed by atoms with E-state index in [2.05, 4.69) is 20.2 Å². The maximum Gasteiger partial charge on any atom is 0.294 e. The number of carbonyl (C=O) groups is 1. The molecule has 2 aliphatic heterocycles. The lowest BCUT2D eigenvalue weighted by atomic mass is 9.99. The Kier molecular flexibility index (Phi) is 4.58. The molecule has 0 spiro atoms. The van der Waals surface area contributed by atoms with Crippen molar-refractivity contribution in [2.75, 3.05) is 19.8 Å². The van der Waals surface area contributed by atoms with E-state index in [1.165, 1.54) is 0 Å². The smallest absolute Gasteiger partial charge is 0.294 e. The van der Waals surface area contributed by atoms with Crippen molar-refractivity contribution in [1.82, 2.24) is 29.5 Å². The molecule has 0 bridgehead atoms. The number of fused-ring (bicyclic) bond motifs is 4. The summed E-state index contributed by atoms with van der Waals surface area (Å²) < 4.78 is 12.9. The van der Waals surface area contributed by atoms with E-state index >= 15 is 0 Å². The Morgan fingerprint density at radius 1 is 1.18 bits per heavy atom. The molecule has 0 aliphatic carbocycles. The van der Waals surface area contributed by atoms with Gasteiger partial charge < -0.3 is 19.0 Å². The van der Waals surface area contributed by atoms with Crippen molar-refractivity contribution in [2.45, 2.75) is 45.6 Å². The number of benzene rings is 1. The zero-order valence-electron chi connectivity index (χ0n) is 18.6. The summed E-state index contributed by atoms with van der Waals surface area (Å²) in [5.41, 5.74) is 3.52. The molecule has 33 heavy (non-hydrogen) atoms. The Balaban J connectivity index is 1.43. The van der Waals surface area contributed by atoms with Gasteiger partial charge in [-0.3, -0.25) is 14.0 Å². The van der Waals surface area contributed by atoms with Crippen LogP contribution in [-0.4, -0.2) is 55.1 Å². The molecule has 10 nitrogen and oxygen atoms in total. The van der Waals surface area contributed by atoms with Gasteiger partial charge in [-0.1, -0.05) is 0 Å². The average Bonchev–Trinajstić information content (AvgIpc) is 3.42. The van der Waals surface area contributed by atoms with Crippen LogP contribution in [-0.2, 0) is 17.7 Å². The second kappa shape index (κ2) is 7.51. The Hall–Kier alpha value is -3.53. The summed E-state index contributed by atoms with van der Waals surface area (Å²) in [4.78, 5) is 35.3. The highest BCUT2D eigenvalue weighted by Crippen LogP contribution is 2.29. The number of nitrogens with one attached hydrogen (secondary N) is 1. The minimum Gasteiger partial charge on any atom is -0.446 e. The van der Waals surface area contributed by atoms with Crippen LogP contribution in [0.15, 0.2) is 21.3 Å². The number of nitrogens with zero attached hydrogens (tertiary/aromatic N) is 5. The molecule has 6 rings (SSSR count). The second-order valence-corrected chi connectivity index (χ2v) is 8.82. The molecule has 1 fully saturated rings. The van der Waals surface area contributed by atoms with Gasteiger partial charge in [0.1, 0.15) is 17.3 Å². The van der Waals surface area contributed by atoms with Crippen LogP contribution < -0.4 is 5.56 Å². The second-order valence-electron chi connectivity index (χ2n) is 8.82. The summed E-state index contributed by atoms with van der Waals surface area (Å²) in [6.07, 6.45) is 2.31. The average molecular weight is 448 g/mol. The third-order valence-electron chi connectivity index (χ3n) is 6.66. The van der Waals surface area contributed by atoms with Gasteiger partial charge in [-0.05, 0) is 37.5 Å². The molecule has 1 saturated heterocycles. The predicted octanol–water partition coefficient (Wildman–Crippen LogP) is 2.27. The van der Waals surface area contributed by atoms with E-state index in [0.717, 1.165) is 41.2 Å². The molecule has 10 heteroatoms. The molecule has 1 amide bonds. The summed E-state index contributed by atoms with van der Waals surface area (Å²) in [5, 5.41) is 8.53. The normalized spacial score (nSPS) is 17.1. The minimum absolute atomic E-state index is 0.0879. The number of carbonyl (C=O) groups excluding carboxylic acids is 1. The highest BCUT2D eigenvalue weighted by Gasteiger charge is 2.28. The van der Waals surface area contributed by atoms with E-state index in [9.17, 15) is 9.59 Å². The summed E-state index contributed by atoms with van der Waals surface area (Å²) >= 11 is 0. The van der Waals surface area contributed by atoms with Crippen molar-refractivity contribution in [1.29, 1.82) is 0 Å². The molecule has 0 saturated carbocycles. The standard InChI is InChI=1S/C23H24N6O4/c1-12-9-18-16(10-15(12)23(31)28-6-3-19-17(11-28)24-13(2)33-19)25-22(30)21-27-26-20(29(18)21)14-4-7-32-8-5-14/h9-10,14H,3-8,11H2,1-2H3,(H,25,30). The van der Waals surface area contributed by atoms with Gasteiger partial charge in [0.15, 0.2) is 5.89 Å². The SMILES string of the molecule is Cc1nc2c(o1)CCN(C(=O)c1cc3[nH]c(=O)c4nnc(C5CCOCC5)n4c3cc1C)C2. The van der Waals surface area contributed by atoms with Crippen molar-refractivity contribution < 1.29 is 13.9 Å². The van der Waals surface area contributed by atoms with Gasteiger partial charge in [0.2, 0.25) is 5.65 Å². The molecule has 0 atom stereocenters. The number of aryl methyl sites for hydroxylation is 2. The monoisotopic (exact) mass is 448 g/mol. The van der Waals surface area contributed by atoms with Crippen LogP contribution in [0.5, 0.6) is 0 Å². The number of hydrogen-bond acceptors (Lipinski definition) is 7. The topological polar surface area (TPSA) is 119 Å². The van der Waals surface area contributed by atoms with Crippen molar-refractivity contribution in [3.8, 4) is 0 Å². The molecule has 1 N–H and O–H groups in total. The van der Waals surface area contributed by atoms with E-state index in [4.69, 9.17) is 9.15 Å². The van der Waals surface area contributed by atoms with Gasteiger partial charge in [-0.25, -0.2) is 4.98 Å². The molecule has 170 valence electrons. The Morgan fingerprint density at radius 2 is 2.00 bits per heavy atom. The van der Waals surface area contributed by atoms with Gasteiger partial charge >= 0.3 is 0 Å². The molecular weight excluding hydrogens is 424 g/mol. The number of aromatic amines is 1. The number of ether oxygens (including phenoxy) is 1. The predicted molar refractivity (Wildman–Crippen MR) is 118 cm³/mol. The van der Waals surface area contributed by atoms with E-state index in [-0.39, 0.29) is 23.0 Å². The Bertz CT molecular complexity index is 1460. The largest absolute Gasteiger partial charge is 0.446 e. The first-order chi connectivity index (χ1) is 16.0. The summed E-state index contributed by atoms with van der Waals surface area (Å²) in [6, 6.07) is 3.71. The molecule has 0 unspecified atom stereocenters. The van der Waals surface area contributed by atoms with Gasteiger partial charge in [0, 0.05) is 44.6 Å². The Labute approximate surface area is 188 Å². The van der Waals surface area contributed by atoms with Crippen molar-refractivity contribution in [3.63, 3.8) is 0 Å². The fourth-order valence-corrected chi connectivity index (χ4v) is 4.96. The van der Waals surface area contributed by atoms with Crippen LogP contribution in [0.25, 0.3) is 16.7 Å². The number of amides is 1. The van der Waals surface area contributed by atoms with Crippen LogP contribution in [0, 0.1) is 13.8 Å². The van der Waals surface area contributed by atoms with E-state index in [1.54, 1.807) is 11.0 Å². The van der Waals surface area contributed by atoms with Gasteiger partial charge in [-0.15, -0.1) is 10.2 Å². The molecule has 3 aromatic heterocycles. The highest BCUT2D eigenvalue weighted by atomic mass is 16.5. The van der Waals surface area contributed by atoms with Crippen LogP contribution in [0.2, 0.25) is 0 Å². The fourth-order valence-electron chi connectivity index (χ4n) is 4.96. The number of oxazole rings is 1. The first-order valence-electron chi connectivity index (χ1n) is 11.2. The first-order valence-corrected chi connectivity index (χ1v) is 11.2. The molecule has 4 aromatic rings. The maximum absolute atomic E-state index is 13.4. The third kappa shape index (κ3) is 3.24. The first kappa shape index (κ1) is 20.1. The van der Waals surface area contributed by atoms with E-state index in [1.807, 2.05) is 24.3 Å². The maximum atomic E-state index is 13.4. The summed E-state index contributed by atoms with van der Waals surface area (Å²) in [7, 11) is 0. The quantitative estimate of drug-likeness (QED) is 0.500. The lowest BCUT2D eigenvalue weighted by Gasteiger charge is -2.26. The van der Waals surface area contributed by atoms with Crippen molar-refractivity contribution in [2.24, 2.45) is 0 Å². The third-order valence-corrected chi connectivity index (χ3v) is 6.66. The lowest BCUT2D eigenvalue weighted by Crippen LogP contribution is -2.36. The molecule has 1 aromatic carbocycles. The fraction of sp³-hybridized carbons (Fsp3) is 0.435. The van der Waals surface area contributed by atoms with Crippen LogP contribution in [0.3, 0.4) is 0 Å². The van der Waals surface area contributed by atoms with Crippen LogP contribution >= 0.6 is 0 Å². The van der Waals surface area contributed by atoms with Crippen molar-refractivity contribution in [3.05, 3.63) is 56.8 Å². The highest BCUT2D eigenvalue weighted by molar-refractivity contribution is 5.99. The van der Waals surface area contributed by atoms with Gasteiger partial charge in [0.25, 0.3) is 11.5 Å². The summed E-state index contributed by atoms with van der Waals surface area (Å²) in [5.74, 6) is 2.33. The zero-order chi connectivity index (χ0) is 22.7. The van der Waals surface area contributed by atoms with Gasteiger partial charge in [-0.2, -0.15) is 0 Å². The lowest BCUT2D eigenvalue weighted by molar-refractivity contribution is 0.0727. The van der Waals surface area contributed by atoms with Crippen LogP contribution in [0.4, 0.5) is 0 Å². The number of rotatable bonds is 2. The molecule has 2 aliphatic rings. The number of aromatic nitrogens is 5. The Morgan fingerprint density at radius 3 is 2.82 bits per heavy atom. The van der Waals surface area contributed by atoms with Crippen LogP contribution in [0.1, 0.15) is 57.9 Å². The van der Waals surface area contributed by atoms with E-state index < -0.39 is 0 Å². The molecule has 0 radical (unpaired) electrons. The minimum atomic E-state index is -0.323. The van der Waals surface area contributed by atoms with Crippen molar-refractivity contribution >= 4 is 22.6 Å². The van der Waals surface area contributed by atoms with E-state index in [0.29, 0.717) is 49.7 Å². The number of hydrogen-bond donors (Lipinski definition) is 1.